The molecule has 1 aliphatic heterocycles. The minimum atomic E-state index is -0.606. The predicted octanol–water partition coefficient (Wildman–Crippen LogP) is 4.69. The molecule has 36 heavy (non-hydrogen) atoms. The molecule has 8 heteroatoms. The van der Waals surface area contributed by atoms with E-state index in [1.165, 1.54) is 0 Å². The van der Waals surface area contributed by atoms with Gasteiger partial charge in [-0.1, -0.05) is 58.4 Å². The average molecular weight is 513 g/mol. The molecule has 7 nitrogen and oxygen atoms in total. The second-order valence-electron chi connectivity index (χ2n) is 10.2. The van der Waals surface area contributed by atoms with Crippen LogP contribution in [0.25, 0.3) is 10.4 Å². The van der Waals surface area contributed by atoms with Crippen molar-refractivity contribution in [2.75, 3.05) is 6.54 Å². The van der Waals surface area contributed by atoms with E-state index in [0.717, 1.165) is 41.0 Å². The van der Waals surface area contributed by atoms with E-state index in [0.29, 0.717) is 31.8 Å². The largest absolute Gasteiger partial charge is 0.350 e. The first kappa shape index (κ1) is 27.8. The highest BCUT2D eigenvalue weighted by atomic mass is 32.1. The van der Waals surface area contributed by atoms with Crippen LogP contribution in [0.3, 0.4) is 0 Å². The van der Waals surface area contributed by atoms with Crippen LogP contribution in [0.15, 0.2) is 29.8 Å². The molecule has 0 unspecified atom stereocenters. The molecule has 0 bridgehead atoms. The van der Waals surface area contributed by atoms with E-state index >= 15 is 0 Å². The lowest BCUT2D eigenvalue weighted by Crippen LogP contribution is -2.55. The molecule has 1 aromatic heterocycles. The zero-order valence-electron chi connectivity index (χ0n) is 22.2. The number of hydrogen-bond acceptors (Lipinski definition) is 5. The fourth-order valence-corrected chi connectivity index (χ4v) is 5.30. The Labute approximate surface area is 219 Å². The summed E-state index contributed by atoms with van der Waals surface area (Å²) in [6, 6.07) is 7.01. The zero-order chi connectivity index (χ0) is 26.2. The van der Waals surface area contributed by atoms with E-state index in [4.69, 9.17) is 0 Å². The van der Waals surface area contributed by atoms with Gasteiger partial charge in [0.1, 0.15) is 12.1 Å². The molecule has 3 atom stereocenters. The summed E-state index contributed by atoms with van der Waals surface area (Å²) in [7, 11) is 0. The van der Waals surface area contributed by atoms with Crippen LogP contribution in [-0.2, 0) is 20.9 Å². The highest BCUT2D eigenvalue weighted by Crippen LogP contribution is 2.27. The number of thiazole rings is 1. The number of carbonyl (C=O) groups is 3. The van der Waals surface area contributed by atoms with Gasteiger partial charge in [0.25, 0.3) is 0 Å². The quantitative estimate of drug-likeness (QED) is 0.457. The number of aryl methyl sites for hydroxylation is 1. The second kappa shape index (κ2) is 13.0. The molecule has 2 heterocycles. The SMILES string of the molecule is CC[C@H](C)[C@H](NC(=O)CCC(C)C)C(=O)N1CCC[C@H]1C(=O)NCc1ccc(-c2scnc2C)cc1. The summed E-state index contributed by atoms with van der Waals surface area (Å²) in [4.78, 5) is 46.3. The summed E-state index contributed by atoms with van der Waals surface area (Å²) in [6.45, 7) is 11.1. The topological polar surface area (TPSA) is 91.4 Å². The lowest BCUT2D eigenvalue weighted by molar-refractivity contribution is -0.142. The van der Waals surface area contributed by atoms with Crippen LogP contribution in [-0.4, -0.2) is 46.2 Å². The monoisotopic (exact) mass is 512 g/mol. The third-order valence-corrected chi connectivity index (χ3v) is 7.99. The van der Waals surface area contributed by atoms with Crippen molar-refractivity contribution < 1.29 is 14.4 Å². The zero-order valence-corrected chi connectivity index (χ0v) is 23.0. The fraction of sp³-hybridized carbons (Fsp3) is 0.571. The average Bonchev–Trinajstić information content (AvgIpc) is 3.53. The van der Waals surface area contributed by atoms with Crippen LogP contribution >= 0.6 is 11.3 Å². The molecule has 2 N–H and O–H groups in total. The van der Waals surface area contributed by atoms with Gasteiger partial charge in [-0.15, -0.1) is 11.3 Å². The summed E-state index contributed by atoms with van der Waals surface area (Å²) in [5, 5.41) is 5.99. The molecule has 0 spiro atoms. The van der Waals surface area contributed by atoms with Crippen molar-refractivity contribution in [3.8, 4) is 10.4 Å². The third kappa shape index (κ3) is 7.15. The summed E-state index contributed by atoms with van der Waals surface area (Å²) in [5.41, 5.74) is 4.97. The first-order chi connectivity index (χ1) is 17.2. The Morgan fingerprint density at radius 1 is 1.17 bits per heavy atom. The number of benzene rings is 1. The summed E-state index contributed by atoms with van der Waals surface area (Å²) >= 11 is 1.61. The van der Waals surface area contributed by atoms with Crippen molar-refractivity contribution in [1.29, 1.82) is 0 Å². The number of rotatable bonds is 11. The molecule has 3 rings (SSSR count). The van der Waals surface area contributed by atoms with Crippen molar-refractivity contribution in [1.82, 2.24) is 20.5 Å². The highest BCUT2D eigenvalue weighted by molar-refractivity contribution is 7.13. The predicted molar refractivity (Wildman–Crippen MR) is 144 cm³/mol. The lowest BCUT2D eigenvalue weighted by Gasteiger charge is -2.31. The molecule has 0 saturated carbocycles. The number of nitrogens with zero attached hydrogens (tertiary/aromatic N) is 2. The minimum Gasteiger partial charge on any atom is -0.350 e. The lowest BCUT2D eigenvalue weighted by atomic mass is 9.96. The number of amides is 3. The molecule has 1 aromatic carbocycles. The Bertz CT molecular complexity index is 1030. The van der Waals surface area contributed by atoms with Crippen molar-refractivity contribution >= 4 is 29.1 Å². The van der Waals surface area contributed by atoms with Crippen LogP contribution in [0.2, 0.25) is 0 Å². The van der Waals surface area contributed by atoms with E-state index in [-0.39, 0.29) is 23.6 Å². The van der Waals surface area contributed by atoms with Crippen LogP contribution in [0, 0.1) is 18.8 Å². The first-order valence-corrected chi connectivity index (χ1v) is 14.0. The van der Waals surface area contributed by atoms with Gasteiger partial charge < -0.3 is 15.5 Å². The van der Waals surface area contributed by atoms with E-state index in [9.17, 15) is 14.4 Å². The Balaban J connectivity index is 1.60. The van der Waals surface area contributed by atoms with Gasteiger partial charge in [-0.3, -0.25) is 14.4 Å². The van der Waals surface area contributed by atoms with Gasteiger partial charge in [0.05, 0.1) is 16.1 Å². The van der Waals surface area contributed by atoms with E-state index in [1.54, 1.807) is 16.2 Å². The van der Waals surface area contributed by atoms with E-state index in [2.05, 4.69) is 29.5 Å². The van der Waals surface area contributed by atoms with Gasteiger partial charge in [-0.05, 0) is 49.1 Å². The maximum Gasteiger partial charge on any atom is 0.246 e. The smallest absolute Gasteiger partial charge is 0.246 e. The molecule has 1 saturated heterocycles. The van der Waals surface area contributed by atoms with Gasteiger partial charge >= 0.3 is 0 Å². The molecule has 2 aromatic rings. The number of aromatic nitrogens is 1. The van der Waals surface area contributed by atoms with Crippen molar-refractivity contribution in [2.24, 2.45) is 11.8 Å². The van der Waals surface area contributed by atoms with E-state index in [1.807, 2.05) is 50.5 Å². The summed E-state index contributed by atoms with van der Waals surface area (Å²) in [5.74, 6) is 0.0275. The van der Waals surface area contributed by atoms with Gasteiger partial charge in [-0.25, -0.2) is 4.98 Å². The Hall–Kier alpha value is -2.74. The Morgan fingerprint density at radius 2 is 1.89 bits per heavy atom. The molecule has 1 fully saturated rings. The van der Waals surface area contributed by atoms with Crippen LogP contribution in [0.5, 0.6) is 0 Å². The van der Waals surface area contributed by atoms with Crippen LogP contribution in [0.1, 0.15) is 71.1 Å². The van der Waals surface area contributed by atoms with Crippen LogP contribution < -0.4 is 10.6 Å². The van der Waals surface area contributed by atoms with E-state index < -0.39 is 12.1 Å². The number of nitrogens with one attached hydrogen (secondary N) is 2. The molecule has 0 aliphatic carbocycles. The highest BCUT2D eigenvalue weighted by Gasteiger charge is 2.39. The summed E-state index contributed by atoms with van der Waals surface area (Å²) < 4.78 is 0. The second-order valence-corrected chi connectivity index (χ2v) is 11.1. The minimum absolute atomic E-state index is 0.00879. The number of hydrogen-bond donors (Lipinski definition) is 2. The van der Waals surface area contributed by atoms with Crippen molar-refractivity contribution in [2.45, 2.75) is 85.4 Å². The molecule has 196 valence electrons. The Kier molecular flexibility index (Phi) is 10.0. The van der Waals surface area contributed by atoms with Gasteiger partial charge in [0, 0.05) is 19.5 Å². The number of likely N-dealkylation sites (tertiary alicyclic amines) is 1. The maximum atomic E-state index is 13.5. The first-order valence-electron chi connectivity index (χ1n) is 13.1. The van der Waals surface area contributed by atoms with Gasteiger partial charge in [-0.2, -0.15) is 0 Å². The standard InChI is InChI=1S/C28H40N4O3S/c1-6-19(4)25(31-24(33)14-9-18(2)3)28(35)32-15-7-8-23(32)27(34)29-16-21-10-12-22(13-11-21)26-20(5)30-17-36-26/h10-13,17-19,23,25H,6-9,14-16H2,1-5H3,(H,29,34)(H,31,33)/t19-,23-,25-/m0/s1. The van der Waals surface area contributed by atoms with Gasteiger partial charge in [0.2, 0.25) is 17.7 Å². The molecular formula is C28H40N4O3S. The number of carbonyl (C=O) groups excluding carboxylic acids is 3. The van der Waals surface area contributed by atoms with Crippen molar-refractivity contribution in [3.05, 3.63) is 41.0 Å². The molecule has 1 aliphatic rings. The summed E-state index contributed by atoms with van der Waals surface area (Å²) in [6.07, 6.45) is 3.37. The molecule has 0 radical (unpaired) electrons. The normalized spacial score (nSPS) is 17.2. The van der Waals surface area contributed by atoms with Crippen molar-refractivity contribution in [3.63, 3.8) is 0 Å². The maximum absolute atomic E-state index is 13.5. The van der Waals surface area contributed by atoms with Crippen LogP contribution in [0.4, 0.5) is 0 Å². The Morgan fingerprint density at radius 3 is 2.50 bits per heavy atom. The fourth-order valence-electron chi connectivity index (χ4n) is 4.49. The molecule has 3 amide bonds. The molecular weight excluding hydrogens is 472 g/mol. The third-order valence-electron chi connectivity index (χ3n) is 7.01. The van der Waals surface area contributed by atoms with Gasteiger partial charge in [0.15, 0.2) is 0 Å².